The molecule has 0 amide bonds. The molecule has 0 aliphatic carbocycles. The Kier molecular flexibility index (Phi) is 39.5. The zero-order valence-corrected chi connectivity index (χ0v) is 5.45. The number of hydrogen-bond acceptors (Lipinski definition) is 5. The molecule has 0 radical (unpaired) electrons. The molecule has 0 heterocycles. The monoisotopic (exact) mass is 200 g/mol. The first kappa shape index (κ1) is 29.5. The summed E-state index contributed by atoms with van der Waals surface area (Å²) in [5.41, 5.74) is 0. The van der Waals surface area contributed by atoms with E-state index in [1.807, 2.05) is 0 Å². The Bertz CT molecular complexity index is 117. The van der Waals surface area contributed by atoms with Gasteiger partial charge in [0.05, 0.1) is 0 Å². The van der Waals surface area contributed by atoms with Crippen molar-refractivity contribution in [2.24, 2.45) is 0 Å². The van der Waals surface area contributed by atoms with Crippen LogP contribution in [0.4, 0.5) is 9.41 Å². The van der Waals surface area contributed by atoms with E-state index in [1.165, 1.54) is 0 Å². The first-order chi connectivity index (χ1) is 4.37. The summed E-state index contributed by atoms with van der Waals surface area (Å²) in [6.45, 7) is 0. The van der Waals surface area contributed by atoms with Crippen LogP contribution in [-0.2, 0) is 9.59 Å². The number of carboxylic acid groups (broad SMARTS) is 2. The summed E-state index contributed by atoms with van der Waals surface area (Å²) in [6.07, 6.45) is 0. The fourth-order valence-electron chi connectivity index (χ4n) is 0. The van der Waals surface area contributed by atoms with E-state index in [4.69, 9.17) is 34.9 Å². The number of carbonyl (C=O) groups is 2. The second kappa shape index (κ2) is 17.4. The van der Waals surface area contributed by atoms with Crippen LogP contribution < -0.4 is 0 Å². The van der Waals surface area contributed by atoms with Gasteiger partial charge in [0.25, 0.3) is 0 Å². The molecule has 0 aliphatic rings. The van der Waals surface area contributed by atoms with Crippen LogP contribution in [0.25, 0.3) is 0 Å². The third kappa shape index (κ3) is 88.6. The van der Waals surface area contributed by atoms with Crippen LogP contribution >= 0.6 is 0 Å². The Morgan fingerprint density at radius 3 is 0.923 bits per heavy atom. The Labute approximate surface area is 83.1 Å². The first-order valence-corrected chi connectivity index (χ1v) is 1.88. The Balaban J connectivity index is -0.0000000279. The van der Waals surface area contributed by atoms with Gasteiger partial charge in [-0.25, -0.2) is 9.59 Å². The maximum absolute atomic E-state index is 9.10. The molecule has 0 bridgehead atoms. The van der Waals surface area contributed by atoms with Crippen LogP contribution in [0, 0.1) is 0 Å². The Morgan fingerprint density at radius 2 is 0.923 bits per heavy atom. The third-order valence-corrected chi connectivity index (χ3v) is 0.183. The standard InChI is InChI=1S/C2H2O4.BH3O3.2FH.Li.H/c3-1(4)2(5)6;2-1(3)4;;;;/h(H,3,4)(H,5,6);2-4H;2*1H;;. The summed E-state index contributed by atoms with van der Waals surface area (Å²) in [5, 5.41) is 36.3. The van der Waals surface area contributed by atoms with Crippen molar-refractivity contribution in [3.63, 3.8) is 0 Å². The minimum absolute atomic E-state index is 0. The average Bonchev–Trinajstić information content (AvgIpc) is 1.63. The number of rotatable bonds is 0. The summed E-state index contributed by atoms with van der Waals surface area (Å²) in [7, 11) is -2.17. The SMILES string of the molecule is F.F.O=C(O)C(=O)O.OB(O)O.[LiH]. The van der Waals surface area contributed by atoms with Crippen LogP contribution in [-0.4, -0.2) is 63.4 Å². The van der Waals surface area contributed by atoms with Crippen molar-refractivity contribution >= 4 is 38.1 Å². The molecule has 0 aliphatic heterocycles. The molecule has 0 saturated heterocycles. The average molecular weight is 200 g/mol. The second-order valence-electron chi connectivity index (χ2n) is 0.957. The molecule has 11 heteroatoms. The summed E-state index contributed by atoms with van der Waals surface area (Å²) in [6, 6.07) is 0. The first-order valence-electron chi connectivity index (χ1n) is 1.88. The molecule has 0 atom stereocenters. The molecule has 5 N–H and O–H groups in total. The normalized spacial score (nSPS) is 5.46. The Hall–Kier alpha value is -0.658. The molecule has 0 aromatic rings. The zero-order valence-electron chi connectivity index (χ0n) is 5.45. The molecule has 0 saturated carbocycles. The summed E-state index contributed by atoms with van der Waals surface area (Å²) >= 11 is 0. The zero-order chi connectivity index (χ0) is 8.73. The van der Waals surface area contributed by atoms with Crippen LogP contribution in [0.2, 0.25) is 0 Å². The van der Waals surface area contributed by atoms with Gasteiger partial charge in [-0.15, -0.1) is 0 Å². The van der Waals surface area contributed by atoms with Crippen molar-refractivity contribution in [3.8, 4) is 0 Å². The molecule has 7 nitrogen and oxygen atoms in total. The minimum atomic E-state index is -2.17. The van der Waals surface area contributed by atoms with Gasteiger partial charge in [-0.3, -0.25) is 9.41 Å². The van der Waals surface area contributed by atoms with Crippen LogP contribution in [0.3, 0.4) is 0 Å². The third-order valence-electron chi connectivity index (χ3n) is 0.183. The summed E-state index contributed by atoms with van der Waals surface area (Å²) < 4.78 is 0. The van der Waals surface area contributed by atoms with Gasteiger partial charge in [-0.05, 0) is 0 Å². The van der Waals surface area contributed by atoms with Gasteiger partial charge < -0.3 is 25.3 Å². The van der Waals surface area contributed by atoms with Crippen molar-refractivity contribution in [1.82, 2.24) is 0 Å². The van der Waals surface area contributed by atoms with Gasteiger partial charge in [0.2, 0.25) is 0 Å². The Morgan fingerprint density at radius 1 is 0.846 bits per heavy atom. The predicted molar refractivity (Wildman–Crippen MR) is 39.8 cm³/mol. The van der Waals surface area contributed by atoms with Gasteiger partial charge in [0.15, 0.2) is 0 Å². The van der Waals surface area contributed by atoms with Gasteiger partial charge in [-0.2, -0.15) is 0 Å². The van der Waals surface area contributed by atoms with Gasteiger partial charge in [0.1, 0.15) is 0 Å². The van der Waals surface area contributed by atoms with Crippen molar-refractivity contribution in [3.05, 3.63) is 0 Å². The molecule has 0 rings (SSSR count). The van der Waals surface area contributed by atoms with E-state index in [0.29, 0.717) is 0 Å². The number of halogens is 2. The molecule has 0 spiro atoms. The molecule has 76 valence electrons. The second-order valence-corrected chi connectivity index (χ2v) is 0.957. The van der Waals surface area contributed by atoms with E-state index in [-0.39, 0.29) is 28.3 Å². The van der Waals surface area contributed by atoms with Crippen molar-refractivity contribution in [2.75, 3.05) is 0 Å². The summed E-state index contributed by atoms with van der Waals surface area (Å²) in [4.78, 5) is 18.2. The maximum atomic E-state index is 9.10. The topological polar surface area (TPSA) is 135 Å². The molecule has 0 unspecified atom stereocenters. The fraction of sp³-hybridized carbons (Fsp3) is 0. The fourth-order valence-corrected chi connectivity index (χ4v) is 0. The van der Waals surface area contributed by atoms with Gasteiger partial charge in [-0.1, -0.05) is 0 Å². The molecule has 0 aromatic carbocycles. The molecular formula is C2H8BF2LiO7. The van der Waals surface area contributed by atoms with E-state index < -0.39 is 19.3 Å². The quantitative estimate of drug-likeness (QED) is 0.204. The van der Waals surface area contributed by atoms with Gasteiger partial charge in [0, 0.05) is 0 Å². The number of aliphatic carboxylic acids is 2. The van der Waals surface area contributed by atoms with E-state index in [0.717, 1.165) is 0 Å². The molecule has 0 aromatic heterocycles. The van der Waals surface area contributed by atoms with E-state index >= 15 is 0 Å². The molecular weight excluding hydrogens is 192 g/mol. The van der Waals surface area contributed by atoms with Crippen LogP contribution in [0.1, 0.15) is 0 Å². The number of hydrogen-bond donors (Lipinski definition) is 5. The summed E-state index contributed by atoms with van der Waals surface area (Å²) in [5.74, 6) is -3.65. The van der Waals surface area contributed by atoms with Crippen molar-refractivity contribution in [2.45, 2.75) is 0 Å². The number of carboxylic acids is 2. The molecule has 0 fully saturated rings. The van der Waals surface area contributed by atoms with Crippen molar-refractivity contribution < 1.29 is 44.3 Å². The molecule has 13 heavy (non-hydrogen) atoms. The van der Waals surface area contributed by atoms with Gasteiger partial charge >= 0.3 is 38.1 Å². The van der Waals surface area contributed by atoms with E-state index in [1.54, 1.807) is 0 Å². The van der Waals surface area contributed by atoms with Crippen molar-refractivity contribution in [1.29, 1.82) is 0 Å². The van der Waals surface area contributed by atoms with Crippen LogP contribution in [0.15, 0.2) is 0 Å². The van der Waals surface area contributed by atoms with Crippen LogP contribution in [0.5, 0.6) is 0 Å². The predicted octanol–water partition coefficient (Wildman–Crippen LogP) is -3.24. The van der Waals surface area contributed by atoms with E-state index in [2.05, 4.69) is 0 Å². The van der Waals surface area contributed by atoms with E-state index in [9.17, 15) is 0 Å².